The Balaban J connectivity index is 1.68. The summed E-state index contributed by atoms with van der Waals surface area (Å²) in [5.74, 6) is -2.16. The van der Waals surface area contributed by atoms with Gasteiger partial charge in [-0.1, -0.05) is 29.5 Å². The molecule has 2 aromatic heterocycles. The van der Waals surface area contributed by atoms with Crippen molar-refractivity contribution in [1.82, 2.24) is 15.0 Å². The lowest BCUT2D eigenvalue weighted by molar-refractivity contribution is -0.147. The number of nitrogens with zero attached hydrogens (tertiary/aromatic N) is 3. The highest BCUT2D eigenvalue weighted by Crippen LogP contribution is 2.33. The Morgan fingerprint density at radius 2 is 1.93 bits per heavy atom. The van der Waals surface area contributed by atoms with E-state index < -0.39 is 23.5 Å². The first-order chi connectivity index (χ1) is 14.2. The van der Waals surface area contributed by atoms with Gasteiger partial charge < -0.3 is 4.42 Å². The fraction of sp³-hybridized carbons (Fsp3) is 0.190. The SMILES string of the molecule is CC(c1cn(Cc2ccc3c(-c4cccc(F)c4)cc(=O)oc3c2)nn1)C(F)(F)F. The molecule has 0 aliphatic heterocycles. The second kappa shape index (κ2) is 7.40. The van der Waals surface area contributed by atoms with Gasteiger partial charge in [0.2, 0.25) is 0 Å². The lowest BCUT2D eigenvalue weighted by atomic mass is 10.0. The molecule has 30 heavy (non-hydrogen) atoms. The van der Waals surface area contributed by atoms with Crippen LogP contribution in [0.25, 0.3) is 22.1 Å². The third kappa shape index (κ3) is 3.96. The number of hydrogen-bond donors (Lipinski definition) is 0. The molecule has 2 aromatic carbocycles. The van der Waals surface area contributed by atoms with E-state index in [1.54, 1.807) is 30.3 Å². The van der Waals surface area contributed by atoms with Crippen LogP contribution in [-0.2, 0) is 6.54 Å². The molecule has 0 saturated heterocycles. The molecule has 0 amide bonds. The van der Waals surface area contributed by atoms with E-state index in [2.05, 4.69) is 10.3 Å². The van der Waals surface area contributed by atoms with Crippen LogP contribution in [0.3, 0.4) is 0 Å². The summed E-state index contributed by atoms with van der Waals surface area (Å²) in [6.07, 6.45) is -3.16. The highest BCUT2D eigenvalue weighted by atomic mass is 19.4. The summed E-state index contributed by atoms with van der Waals surface area (Å²) in [6, 6.07) is 12.2. The summed E-state index contributed by atoms with van der Waals surface area (Å²) < 4.78 is 58.7. The summed E-state index contributed by atoms with van der Waals surface area (Å²) >= 11 is 0. The zero-order valence-corrected chi connectivity index (χ0v) is 15.7. The van der Waals surface area contributed by atoms with Gasteiger partial charge >= 0.3 is 11.8 Å². The maximum atomic E-state index is 13.6. The van der Waals surface area contributed by atoms with Crippen LogP contribution in [-0.4, -0.2) is 21.2 Å². The van der Waals surface area contributed by atoms with E-state index in [1.165, 1.54) is 29.1 Å². The van der Waals surface area contributed by atoms with E-state index in [1.807, 2.05) is 0 Å². The maximum Gasteiger partial charge on any atom is 0.397 e. The van der Waals surface area contributed by atoms with Crippen LogP contribution in [0.1, 0.15) is 24.1 Å². The van der Waals surface area contributed by atoms with E-state index >= 15 is 0 Å². The van der Waals surface area contributed by atoms with Crippen LogP contribution in [0.4, 0.5) is 17.6 Å². The third-order valence-corrected chi connectivity index (χ3v) is 4.78. The largest absolute Gasteiger partial charge is 0.423 e. The molecule has 0 fully saturated rings. The zero-order chi connectivity index (χ0) is 21.5. The summed E-state index contributed by atoms with van der Waals surface area (Å²) in [6.45, 7) is 1.16. The molecule has 0 spiro atoms. The zero-order valence-electron chi connectivity index (χ0n) is 15.7. The Morgan fingerprint density at radius 1 is 1.13 bits per heavy atom. The minimum absolute atomic E-state index is 0.140. The van der Waals surface area contributed by atoms with Gasteiger partial charge in [0.05, 0.1) is 18.2 Å². The van der Waals surface area contributed by atoms with Crippen molar-refractivity contribution >= 4 is 11.0 Å². The number of alkyl halides is 3. The highest BCUT2D eigenvalue weighted by molar-refractivity contribution is 5.93. The van der Waals surface area contributed by atoms with Crippen molar-refractivity contribution in [3.63, 3.8) is 0 Å². The summed E-state index contributed by atoms with van der Waals surface area (Å²) in [5.41, 5.74) is 1.21. The summed E-state index contributed by atoms with van der Waals surface area (Å²) in [7, 11) is 0. The molecule has 0 bridgehead atoms. The van der Waals surface area contributed by atoms with Gasteiger partial charge in [0.25, 0.3) is 0 Å². The molecule has 0 saturated carbocycles. The van der Waals surface area contributed by atoms with Crippen molar-refractivity contribution in [2.45, 2.75) is 25.6 Å². The minimum atomic E-state index is -4.40. The molecular formula is C21H15F4N3O2. The molecule has 5 nitrogen and oxygen atoms in total. The Kier molecular flexibility index (Phi) is 4.89. The molecule has 0 radical (unpaired) electrons. The molecule has 0 aliphatic rings. The Labute approximate surface area is 167 Å². The Bertz CT molecular complexity index is 1280. The first-order valence-electron chi connectivity index (χ1n) is 9.00. The molecule has 4 rings (SSSR count). The highest BCUT2D eigenvalue weighted by Gasteiger charge is 2.38. The van der Waals surface area contributed by atoms with Gasteiger partial charge in [-0.05, 0) is 41.8 Å². The van der Waals surface area contributed by atoms with Crippen molar-refractivity contribution in [3.8, 4) is 11.1 Å². The van der Waals surface area contributed by atoms with Gasteiger partial charge in [-0.2, -0.15) is 13.2 Å². The second-order valence-electron chi connectivity index (χ2n) is 6.92. The minimum Gasteiger partial charge on any atom is -0.423 e. The lowest BCUT2D eigenvalue weighted by Crippen LogP contribution is -2.18. The van der Waals surface area contributed by atoms with Crippen molar-refractivity contribution in [3.05, 3.63) is 82.2 Å². The van der Waals surface area contributed by atoms with Crippen LogP contribution < -0.4 is 5.63 Å². The van der Waals surface area contributed by atoms with Crippen molar-refractivity contribution in [2.75, 3.05) is 0 Å². The maximum absolute atomic E-state index is 13.6. The molecule has 0 aliphatic carbocycles. The second-order valence-corrected chi connectivity index (χ2v) is 6.92. The first-order valence-corrected chi connectivity index (χ1v) is 9.00. The van der Waals surface area contributed by atoms with Gasteiger partial charge in [0.1, 0.15) is 11.4 Å². The van der Waals surface area contributed by atoms with Crippen molar-refractivity contribution < 1.29 is 22.0 Å². The number of rotatable bonds is 4. The van der Waals surface area contributed by atoms with Crippen LogP contribution in [0.5, 0.6) is 0 Å². The standard InChI is InChI=1S/C21H15F4N3O2/c1-12(21(23,24)25)18-11-28(27-26-18)10-13-5-6-16-17(9-20(29)30-19(16)7-13)14-3-2-4-15(22)8-14/h2-9,11-12H,10H2,1H3. The first kappa shape index (κ1) is 19.8. The van der Waals surface area contributed by atoms with Crippen LogP contribution in [0.15, 0.2) is 63.9 Å². The fourth-order valence-electron chi connectivity index (χ4n) is 3.14. The summed E-state index contributed by atoms with van der Waals surface area (Å²) in [5, 5.41) is 7.96. The van der Waals surface area contributed by atoms with Gasteiger partial charge in [0.15, 0.2) is 0 Å². The van der Waals surface area contributed by atoms with E-state index in [-0.39, 0.29) is 17.8 Å². The predicted molar refractivity (Wildman–Crippen MR) is 101 cm³/mol. The van der Waals surface area contributed by atoms with Crippen LogP contribution in [0.2, 0.25) is 0 Å². The molecule has 4 aromatic rings. The van der Waals surface area contributed by atoms with Gasteiger partial charge in [0, 0.05) is 17.6 Å². The quantitative estimate of drug-likeness (QED) is 0.350. The molecule has 1 atom stereocenters. The smallest absolute Gasteiger partial charge is 0.397 e. The number of halogens is 4. The average Bonchev–Trinajstić information content (AvgIpc) is 3.14. The molecule has 1 unspecified atom stereocenters. The number of fused-ring (bicyclic) bond motifs is 1. The molecule has 0 N–H and O–H groups in total. The Morgan fingerprint density at radius 3 is 2.67 bits per heavy atom. The van der Waals surface area contributed by atoms with E-state index in [0.717, 1.165) is 6.92 Å². The van der Waals surface area contributed by atoms with Gasteiger partial charge in [-0.3, -0.25) is 0 Å². The number of aromatic nitrogens is 3. The number of benzene rings is 2. The fourth-order valence-corrected chi connectivity index (χ4v) is 3.14. The topological polar surface area (TPSA) is 60.9 Å². The molecule has 154 valence electrons. The van der Waals surface area contributed by atoms with Crippen molar-refractivity contribution in [2.24, 2.45) is 0 Å². The average molecular weight is 417 g/mol. The monoisotopic (exact) mass is 417 g/mol. The summed E-state index contributed by atoms with van der Waals surface area (Å²) in [4.78, 5) is 12.0. The van der Waals surface area contributed by atoms with Crippen molar-refractivity contribution in [1.29, 1.82) is 0 Å². The predicted octanol–water partition coefficient (Wildman–Crippen LogP) is 4.90. The lowest BCUT2D eigenvalue weighted by Gasteiger charge is -2.11. The van der Waals surface area contributed by atoms with E-state index in [4.69, 9.17) is 4.42 Å². The third-order valence-electron chi connectivity index (χ3n) is 4.78. The van der Waals surface area contributed by atoms with Crippen LogP contribution in [0, 0.1) is 5.82 Å². The van der Waals surface area contributed by atoms with Crippen LogP contribution >= 0.6 is 0 Å². The number of hydrogen-bond acceptors (Lipinski definition) is 4. The normalized spacial score (nSPS) is 13.0. The molecule has 2 heterocycles. The van der Waals surface area contributed by atoms with E-state index in [9.17, 15) is 22.4 Å². The Hall–Kier alpha value is -3.49. The van der Waals surface area contributed by atoms with Gasteiger partial charge in [-0.25, -0.2) is 13.9 Å². The molecule has 9 heteroatoms. The van der Waals surface area contributed by atoms with Gasteiger partial charge in [-0.15, -0.1) is 5.10 Å². The molecular weight excluding hydrogens is 402 g/mol. The van der Waals surface area contributed by atoms with E-state index in [0.29, 0.717) is 22.1 Å².